The number of fused-ring (bicyclic) bond motifs is 1. The predicted molar refractivity (Wildman–Crippen MR) is 78.0 cm³/mol. The van der Waals surface area contributed by atoms with Gasteiger partial charge >= 0.3 is 5.97 Å². The highest BCUT2D eigenvalue weighted by atomic mass is 16.5. The molecule has 0 bridgehead atoms. The van der Waals surface area contributed by atoms with Crippen molar-refractivity contribution in [2.75, 3.05) is 6.61 Å². The van der Waals surface area contributed by atoms with E-state index in [1.165, 1.54) is 5.56 Å². The van der Waals surface area contributed by atoms with Crippen LogP contribution in [0.4, 0.5) is 0 Å². The lowest BCUT2D eigenvalue weighted by molar-refractivity contribution is -0.107. The molecular weight excluding hydrogens is 252 g/mol. The quantitative estimate of drug-likeness (QED) is 0.452. The fourth-order valence-electron chi connectivity index (χ4n) is 3.09. The summed E-state index contributed by atoms with van der Waals surface area (Å²) in [7, 11) is 0. The van der Waals surface area contributed by atoms with Crippen molar-refractivity contribution in [1.82, 2.24) is 0 Å². The molecule has 0 saturated carbocycles. The Morgan fingerprint density at radius 2 is 2.30 bits per heavy atom. The second-order valence-electron chi connectivity index (χ2n) is 5.28. The van der Waals surface area contributed by atoms with Crippen LogP contribution in [0, 0.1) is 0 Å². The molecule has 2 rings (SSSR count). The van der Waals surface area contributed by atoms with Crippen LogP contribution in [0.25, 0.3) is 0 Å². The molecule has 1 unspecified atom stereocenters. The Bertz CT molecular complexity index is 479. The zero-order valence-electron chi connectivity index (χ0n) is 12.1. The first kappa shape index (κ1) is 14.8. The number of benzene rings is 1. The Hall–Kier alpha value is -1.64. The highest BCUT2D eigenvalue weighted by molar-refractivity contribution is 5.91. The number of hydrogen-bond acceptors (Lipinski definition) is 3. The molecule has 0 aliphatic heterocycles. The van der Waals surface area contributed by atoms with Crippen LogP contribution in [-0.4, -0.2) is 18.9 Å². The Labute approximate surface area is 120 Å². The summed E-state index contributed by atoms with van der Waals surface area (Å²) in [5.74, 6) is 0.269. The van der Waals surface area contributed by atoms with Gasteiger partial charge in [-0.3, -0.25) is 0 Å². The molecule has 20 heavy (non-hydrogen) atoms. The van der Waals surface area contributed by atoms with E-state index in [4.69, 9.17) is 4.74 Å². The number of esters is 1. The minimum atomic E-state index is -0.210. The van der Waals surface area contributed by atoms with E-state index in [0.29, 0.717) is 18.9 Å². The highest BCUT2D eigenvalue weighted by Crippen LogP contribution is 2.36. The molecule has 1 aliphatic rings. The van der Waals surface area contributed by atoms with E-state index in [1.54, 1.807) is 0 Å². The second-order valence-corrected chi connectivity index (χ2v) is 5.28. The van der Waals surface area contributed by atoms with E-state index in [1.807, 2.05) is 19.1 Å². The average molecular weight is 274 g/mol. The molecule has 0 spiro atoms. The zero-order chi connectivity index (χ0) is 14.4. The Morgan fingerprint density at radius 3 is 3.05 bits per heavy atom. The highest BCUT2D eigenvalue weighted by Gasteiger charge is 2.24. The first-order chi connectivity index (χ1) is 9.77. The van der Waals surface area contributed by atoms with Crippen molar-refractivity contribution in [1.29, 1.82) is 0 Å². The maximum Gasteiger partial charge on any atom is 0.338 e. The van der Waals surface area contributed by atoms with Gasteiger partial charge in [0.05, 0.1) is 12.2 Å². The van der Waals surface area contributed by atoms with E-state index in [-0.39, 0.29) is 5.97 Å². The zero-order valence-corrected chi connectivity index (χ0v) is 12.1. The Balaban J connectivity index is 2.21. The first-order valence-corrected chi connectivity index (χ1v) is 7.50. The van der Waals surface area contributed by atoms with Crippen LogP contribution in [0.15, 0.2) is 18.2 Å². The van der Waals surface area contributed by atoms with Crippen molar-refractivity contribution in [2.45, 2.75) is 51.4 Å². The number of aldehydes is 1. The van der Waals surface area contributed by atoms with Crippen molar-refractivity contribution in [3.63, 3.8) is 0 Å². The number of carbonyl (C=O) groups excluding carboxylic acids is 2. The molecule has 0 amide bonds. The van der Waals surface area contributed by atoms with Crippen LogP contribution >= 0.6 is 0 Å². The molecule has 1 aliphatic carbocycles. The summed E-state index contributed by atoms with van der Waals surface area (Å²) in [6, 6.07) is 5.94. The molecule has 0 saturated heterocycles. The van der Waals surface area contributed by atoms with Crippen molar-refractivity contribution in [2.24, 2.45) is 0 Å². The normalized spacial score (nSPS) is 17.4. The lowest BCUT2D eigenvalue weighted by atomic mass is 9.78. The lowest BCUT2D eigenvalue weighted by Gasteiger charge is -2.26. The smallest absolute Gasteiger partial charge is 0.338 e. The number of hydrogen-bond donors (Lipinski definition) is 0. The Morgan fingerprint density at radius 1 is 1.45 bits per heavy atom. The average Bonchev–Trinajstić information content (AvgIpc) is 2.47. The molecule has 1 atom stereocenters. The second kappa shape index (κ2) is 7.22. The predicted octanol–water partition coefficient (Wildman–Crippen LogP) is 3.65. The summed E-state index contributed by atoms with van der Waals surface area (Å²) in [6.07, 6.45) is 6.78. The van der Waals surface area contributed by atoms with Gasteiger partial charge in [-0.15, -0.1) is 0 Å². The van der Waals surface area contributed by atoms with Gasteiger partial charge in [0.15, 0.2) is 0 Å². The maximum absolute atomic E-state index is 12.0. The molecule has 0 N–H and O–H groups in total. The first-order valence-electron chi connectivity index (χ1n) is 7.50. The number of unbranched alkanes of at least 4 members (excludes halogenated alkanes) is 1. The molecule has 0 radical (unpaired) electrons. The molecule has 1 aromatic rings. The van der Waals surface area contributed by atoms with Gasteiger partial charge in [0.1, 0.15) is 6.29 Å². The molecule has 0 fully saturated rings. The fraction of sp³-hybridized carbons (Fsp3) is 0.529. The minimum absolute atomic E-state index is 0.210. The fourth-order valence-corrected chi connectivity index (χ4v) is 3.09. The van der Waals surface area contributed by atoms with Crippen molar-refractivity contribution in [3.8, 4) is 0 Å². The lowest BCUT2D eigenvalue weighted by Crippen LogP contribution is -2.16. The van der Waals surface area contributed by atoms with Gasteiger partial charge in [0.25, 0.3) is 0 Å². The van der Waals surface area contributed by atoms with Gasteiger partial charge in [-0.2, -0.15) is 0 Å². The third-order valence-corrected chi connectivity index (χ3v) is 4.00. The molecular formula is C17H22O3. The van der Waals surface area contributed by atoms with Crippen LogP contribution in [0.2, 0.25) is 0 Å². The van der Waals surface area contributed by atoms with Crippen LogP contribution in [0.5, 0.6) is 0 Å². The van der Waals surface area contributed by atoms with E-state index in [0.717, 1.165) is 49.5 Å². The minimum Gasteiger partial charge on any atom is -0.462 e. The van der Waals surface area contributed by atoms with Gasteiger partial charge in [0, 0.05) is 6.42 Å². The summed E-state index contributed by atoms with van der Waals surface area (Å²) in [4.78, 5) is 22.5. The number of rotatable bonds is 6. The summed E-state index contributed by atoms with van der Waals surface area (Å²) in [6.45, 7) is 2.24. The van der Waals surface area contributed by atoms with E-state index < -0.39 is 0 Å². The van der Waals surface area contributed by atoms with Gasteiger partial charge in [-0.05, 0) is 62.1 Å². The Kier molecular flexibility index (Phi) is 5.33. The van der Waals surface area contributed by atoms with Gasteiger partial charge in [-0.1, -0.05) is 12.1 Å². The molecule has 3 heteroatoms. The van der Waals surface area contributed by atoms with E-state index in [9.17, 15) is 9.59 Å². The molecule has 108 valence electrons. The van der Waals surface area contributed by atoms with E-state index >= 15 is 0 Å². The number of carbonyl (C=O) groups is 2. The number of ether oxygens (including phenoxy) is 1. The van der Waals surface area contributed by atoms with Crippen molar-refractivity contribution >= 4 is 12.3 Å². The standard InChI is InChI=1S/C17H22O3/c1-2-20-17(19)16-11-6-9-14-13(7-3-4-12-18)8-5-10-15(14)16/h6,9,11-13H,2-5,7-8,10H2,1H3. The summed E-state index contributed by atoms with van der Waals surface area (Å²) >= 11 is 0. The summed E-state index contributed by atoms with van der Waals surface area (Å²) < 4.78 is 5.14. The van der Waals surface area contributed by atoms with Crippen LogP contribution < -0.4 is 0 Å². The molecule has 0 aromatic heterocycles. The summed E-state index contributed by atoms with van der Waals surface area (Å²) in [5.41, 5.74) is 3.17. The van der Waals surface area contributed by atoms with Gasteiger partial charge < -0.3 is 9.53 Å². The maximum atomic E-state index is 12.0. The molecule has 0 heterocycles. The van der Waals surface area contributed by atoms with Gasteiger partial charge in [0.2, 0.25) is 0 Å². The SMILES string of the molecule is CCOC(=O)c1cccc2c1CCCC2CCCC=O. The monoisotopic (exact) mass is 274 g/mol. The largest absolute Gasteiger partial charge is 0.462 e. The third kappa shape index (κ3) is 3.27. The van der Waals surface area contributed by atoms with E-state index in [2.05, 4.69) is 6.07 Å². The summed E-state index contributed by atoms with van der Waals surface area (Å²) in [5, 5.41) is 0. The topological polar surface area (TPSA) is 43.4 Å². The van der Waals surface area contributed by atoms with Crippen molar-refractivity contribution in [3.05, 3.63) is 34.9 Å². The van der Waals surface area contributed by atoms with Crippen molar-refractivity contribution < 1.29 is 14.3 Å². The van der Waals surface area contributed by atoms with Crippen LogP contribution in [0.3, 0.4) is 0 Å². The molecule has 3 nitrogen and oxygen atoms in total. The third-order valence-electron chi connectivity index (χ3n) is 4.00. The molecule has 1 aromatic carbocycles. The van der Waals surface area contributed by atoms with Gasteiger partial charge in [-0.25, -0.2) is 4.79 Å². The van der Waals surface area contributed by atoms with Crippen LogP contribution in [0.1, 0.15) is 66.4 Å². The van der Waals surface area contributed by atoms with Crippen LogP contribution in [-0.2, 0) is 16.0 Å².